The first kappa shape index (κ1) is 36.7. The second kappa shape index (κ2) is 19.0. The molecule has 7 N–H and O–H groups in total. The number of phenolic OH excluding ortho intramolecular Hbond substituents is 1. The van der Waals surface area contributed by atoms with Gasteiger partial charge in [0.2, 0.25) is 23.6 Å². The molecule has 0 bridgehead atoms. The summed E-state index contributed by atoms with van der Waals surface area (Å²) in [7, 11) is 0. The maximum absolute atomic E-state index is 13.8. The van der Waals surface area contributed by atoms with Crippen molar-refractivity contribution in [3.63, 3.8) is 0 Å². The molecule has 4 aromatic rings. The summed E-state index contributed by atoms with van der Waals surface area (Å²) in [6.45, 7) is 0.0423. The number of primary amides is 1. The number of carbonyl (C=O) groups is 5. The van der Waals surface area contributed by atoms with Gasteiger partial charge in [-0.15, -0.1) is 0 Å². The first-order valence-corrected chi connectivity index (χ1v) is 16.2. The Morgan fingerprint density at radius 2 is 1.02 bits per heavy atom. The molecule has 0 aliphatic heterocycles. The number of hydrogen-bond acceptors (Lipinski definition) is 7. The Bertz CT molecular complexity index is 1700. The Morgan fingerprint density at radius 3 is 1.54 bits per heavy atom. The number of amides is 5. The Kier molecular flexibility index (Phi) is 13.9. The van der Waals surface area contributed by atoms with E-state index < -0.39 is 47.8 Å². The highest BCUT2D eigenvalue weighted by Gasteiger charge is 2.30. The lowest BCUT2D eigenvalue weighted by Gasteiger charge is -2.25. The summed E-state index contributed by atoms with van der Waals surface area (Å²) in [6, 6.07) is 30.1. The van der Waals surface area contributed by atoms with E-state index >= 15 is 0 Å². The van der Waals surface area contributed by atoms with Gasteiger partial charge in [0.25, 0.3) is 0 Å². The minimum atomic E-state index is -1.14. The third-order valence-electron chi connectivity index (χ3n) is 7.72. The van der Waals surface area contributed by atoms with Crippen LogP contribution in [0.2, 0.25) is 0 Å². The Labute approximate surface area is 290 Å². The zero-order chi connectivity index (χ0) is 35.7. The zero-order valence-electron chi connectivity index (χ0n) is 27.4. The standard InChI is InChI=1S/C38H41N5O7/c39-35(46)31(22-28-16-18-30(44)19-17-28)42-37(48)33(24-27-12-6-2-7-13-27)43-36(47)32(23-26-10-4-1-5-11-26)41-34(45)20-21-40-38(49)50-25-29-14-8-3-9-15-29/h1-19,31-33,44H,20-25H2,(H2,39,46)(H,40,49)(H,41,45)(H,42,48)(H,43,47)/t31-,32-,33-/m0/s1. The zero-order valence-corrected chi connectivity index (χ0v) is 27.4. The van der Waals surface area contributed by atoms with Crippen molar-refractivity contribution in [1.82, 2.24) is 21.3 Å². The molecule has 0 heterocycles. The fourth-order valence-electron chi connectivity index (χ4n) is 5.07. The summed E-state index contributed by atoms with van der Waals surface area (Å²) in [4.78, 5) is 65.0. The predicted molar refractivity (Wildman–Crippen MR) is 186 cm³/mol. The molecular weight excluding hydrogens is 638 g/mol. The van der Waals surface area contributed by atoms with Crippen molar-refractivity contribution < 1.29 is 33.8 Å². The smallest absolute Gasteiger partial charge is 0.407 e. The molecule has 0 radical (unpaired) electrons. The van der Waals surface area contributed by atoms with Crippen LogP contribution in [0, 0.1) is 0 Å². The molecule has 0 unspecified atom stereocenters. The van der Waals surface area contributed by atoms with Gasteiger partial charge in [-0.2, -0.15) is 0 Å². The van der Waals surface area contributed by atoms with E-state index in [1.165, 1.54) is 12.1 Å². The quantitative estimate of drug-likeness (QED) is 0.0989. The number of phenols is 1. The fourth-order valence-corrected chi connectivity index (χ4v) is 5.07. The van der Waals surface area contributed by atoms with Crippen LogP contribution in [0.3, 0.4) is 0 Å². The first-order valence-electron chi connectivity index (χ1n) is 16.2. The van der Waals surface area contributed by atoms with Gasteiger partial charge < -0.3 is 36.8 Å². The number of benzene rings is 4. The van der Waals surface area contributed by atoms with E-state index in [4.69, 9.17) is 10.5 Å². The second-order valence-electron chi connectivity index (χ2n) is 11.6. The summed E-state index contributed by atoms with van der Waals surface area (Å²) in [5, 5.41) is 20.3. The van der Waals surface area contributed by atoms with Gasteiger partial charge in [0.1, 0.15) is 30.5 Å². The van der Waals surface area contributed by atoms with Crippen molar-refractivity contribution in [2.75, 3.05) is 6.54 Å². The van der Waals surface area contributed by atoms with Gasteiger partial charge in [-0.25, -0.2) is 4.79 Å². The van der Waals surface area contributed by atoms with Gasteiger partial charge >= 0.3 is 6.09 Å². The Hall–Kier alpha value is -6.17. The van der Waals surface area contributed by atoms with E-state index in [0.717, 1.165) is 16.7 Å². The highest BCUT2D eigenvalue weighted by Crippen LogP contribution is 2.12. The number of aromatic hydroxyl groups is 1. The van der Waals surface area contributed by atoms with E-state index in [-0.39, 0.29) is 44.6 Å². The monoisotopic (exact) mass is 679 g/mol. The van der Waals surface area contributed by atoms with Gasteiger partial charge in [-0.1, -0.05) is 103 Å². The van der Waals surface area contributed by atoms with Crippen LogP contribution in [-0.2, 0) is 49.8 Å². The first-order chi connectivity index (χ1) is 24.2. The number of nitrogens with two attached hydrogens (primary N) is 1. The highest BCUT2D eigenvalue weighted by molar-refractivity contribution is 5.94. The third-order valence-corrected chi connectivity index (χ3v) is 7.72. The summed E-state index contributed by atoms with van der Waals surface area (Å²) in [5.41, 5.74) is 8.62. The lowest BCUT2D eigenvalue weighted by atomic mass is 10.0. The molecule has 12 nitrogen and oxygen atoms in total. The lowest BCUT2D eigenvalue weighted by Crippen LogP contribution is -2.57. The van der Waals surface area contributed by atoms with Gasteiger partial charge in [0.15, 0.2) is 0 Å². The van der Waals surface area contributed by atoms with E-state index in [9.17, 15) is 29.1 Å². The average molecular weight is 680 g/mol. The number of hydrogen-bond donors (Lipinski definition) is 6. The van der Waals surface area contributed by atoms with Crippen LogP contribution in [0.4, 0.5) is 4.79 Å². The fraction of sp³-hybridized carbons (Fsp3) is 0.237. The molecule has 0 spiro atoms. The van der Waals surface area contributed by atoms with Crippen LogP contribution in [0.15, 0.2) is 115 Å². The third kappa shape index (κ3) is 12.5. The molecule has 5 amide bonds. The molecule has 0 saturated heterocycles. The van der Waals surface area contributed by atoms with Crippen LogP contribution in [0.5, 0.6) is 5.75 Å². The van der Waals surface area contributed by atoms with Crippen molar-refractivity contribution >= 4 is 29.7 Å². The number of rotatable bonds is 17. The molecule has 3 atom stereocenters. The topological polar surface area (TPSA) is 189 Å². The SMILES string of the molecule is NC(=O)[C@H](Cc1ccc(O)cc1)NC(=O)[C@H](Cc1ccccc1)NC(=O)[C@H](Cc1ccccc1)NC(=O)CCNC(=O)OCc1ccccc1. The summed E-state index contributed by atoms with van der Waals surface area (Å²) >= 11 is 0. The lowest BCUT2D eigenvalue weighted by molar-refractivity contribution is -0.133. The maximum atomic E-state index is 13.8. The maximum Gasteiger partial charge on any atom is 0.407 e. The van der Waals surface area contributed by atoms with Gasteiger partial charge in [-0.3, -0.25) is 19.2 Å². The second-order valence-corrected chi connectivity index (χ2v) is 11.6. The van der Waals surface area contributed by atoms with Crippen LogP contribution in [-0.4, -0.2) is 59.5 Å². The molecule has 0 saturated carbocycles. The van der Waals surface area contributed by atoms with Crippen LogP contribution in [0.1, 0.15) is 28.7 Å². The largest absolute Gasteiger partial charge is 0.508 e. The number of ether oxygens (including phenoxy) is 1. The minimum Gasteiger partial charge on any atom is -0.508 e. The average Bonchev–Trinajstić information content (AvgIpc) is 3.12. The molecular formula is C38H41N5O7. The van der Waals surface area contributed by atoms with Crippen LogP contribution >= 0.6 is 0 Å². The highest BCUT2D eigenvalue weighted by atomic mass is 16.5. The number of carbonyl (C=O) groups excluding carboxylic acids is 5. The van der Waals surface area contributed by atoms with E-state index in [2.05, 4.69) is 21.3 Å². The molecule has 0 aromatic heterocycles. The van der Waals surface area contributed by atoms with Gasteiger partial charge in [-0.05, 0) is 34.4 Å². The molecule has 0 fully saturated rings. The minimum absolute atomic E-state index is 0.0340. The van der Waals surface area contributed by atoms with Crippen molar-refractivity contribution in [1.29, 1.82) is 0 Å². The molecule has 0 aliphatic rings. The van der Waals surface area contributed by atoms with Crippen LogP contribution in [0.25, 0.3) is 0 Å². The van der Waals surface area contributed by atoms with E-state index in [1.807, 2.05) is 54.6 Å². The van der Waals surface area contributed by atoms with E-state index in [1.54, 1.807) is 48.5 Å². The van der Waals surface area contributed by atoms with Gasteiger partial charge in [0, 0.05) is 32.2 Å². The molecule has 0 aliphatic carbocycles. The molecule has 12 heteroatoms. The molecule has 4 aromatic carbocycles. The van der Waals surface area contributed by atoms with E-state index in [0.29, 0.717) is 5.56 Å². The Balaban J connectivity index is 1.43. The molecule has 4 rings (SSSR count). The summed E-state index contributed by atoms with van der Waals surface area (Å²) < 4.78 is 5.18. The van der Waals surface area contributed by atoms with Crippen molar-refractivity contribution in [3.05, 3.63) is 138 Å². The summed E-state index contributed by atoms with van der Waals surface area (Å²) in [5.74, 6) is -2.50. The van der Waals surface area contributed by atoms with Gasteiger partial charge in [0.05, 0.1) is 0 Å². The van der Waals surface area contributed by atoms with Crippen molar-refractivity contribution in [2.24, 2.45) is 5.73 Å². The van der Waals surface area contributed by atoms with Crippen molar-refractivity contribution in [3.8, 4) is 5.75 Å². The molecule has 50 heavy (non-hydrogen) atoms. The Morgan fingerprint density at radius 1 is 0.580 bits per heavy atom. The van der Waals surface area contributed by atoms with Crippen molar-refractivity contribution in [2.45, 2.75) is 50.4 Å². The predicted octanol–water partition coefficient (Wildman–Crippen LogP) is 2.68. The van der Waals surface area contributed by atoms with Crippen LogP contribution < -0.4 is 27.0 Å². The molecule has 260 valence electrons. The number of alkyl carbamates (subject to hydrolysis) is 1. The normalized spacial score (nSPS) is 12.4. The summed E-state index contributed by atoms with van der Waals surface area (Å²) in [6.07, 6.45) is -0.549. The number of nitrogens with one attached hydrogen (secondary N) is 4.